The average molecular weight is 559 g/mol. The van der Waals surface area contributed by atoms with Gasteiger partial charge in [0.15, 0.2) is 16.8 Å². The van der Waals surface area contributed by atoms with Crippen LogP contribution in [-0.4, -0.2) is 31.1 Å². The minimum atomic E-state index is -0.592. The number of halogens is 2. The molecule has 1 aliphatic rings. The number of hydrogen-bond acceptors (Lipinski definition) is 8. The molecule has 9 nitrogen and oxygen atoms in total. The van der Waals surface area contributed by atoms with Crippen LogP contribution < -0.4 is 16.0 Å². The molecule has 0 unspecified atom stereocenters. The van der Waals surface area contributed by atoms with E-state index in [4.69, 9.17) is 0 Å². The van der Waals surface area contributed by atoms with E-state index in [1.165, 1.54) is 24.7 Å². The van der Waals surface area contributed by atoms with Crippen LogP contribution in [0.4, 0.5) is 26.0 Å². The molecule has 40 heavy (non-hydrogen) atoms. The molecule has 5 aromatic rings. The number of H-pyrrole nitrogens is 1. The monoisotopic (exact) mass is 558 g/mol. The highest BCUT2D eigenvalue weighted by Crippen LogP contribution is 2.40. The predicted octanol–water partition coefficient (Wildman–Crippen LogP) is 6.63. The van der Waals surface area contributed by atoms with Crippen molar-refractivity contribution in [1.82, 2.24) is 25.1 Å². The van der Waals surface area contributed by atoms with Crippen LogP contribution in [0.3, 0.4) is 0 Å². The van der Waals surface area contributed by atoms with Gasteiger partial charge in [0, 0.05) is 41.0 Å². The van der Waals surface area contributed by atoms with E-state index in [1.807, 2.05) is 20.8 Å². The quantitative estimate of drug-likeness (QED) is 0.191. The fourth-order valence-corrected chi connectivity index (χ4v) is 5.26. The lowest BCUT2D eigenvalue weighted by Crippen LogP contribution is -2.19. The van der Waals surface area contributed by atoms with E-state index in [9.17, 15) is 9.18 Å². The number of nitrogens with zero attached hydrogens (tertiary/aromatic N) is 4. The molecule has 6 rings (SSSR count). The van der Waals surface area contributed by atoms with Crippen LogP contribution in [0.15, 0.2) is 55.3 Å². The maximum atomic E-state index is 16.0. The Bertz CT molecular complexity index is 1800. The lowest BCUT2D eigenvalue weighted by molar-refractivity contribution is -0.117. The van der Waals surface area contributed by atoms with Gasteiger partial charge in [-0.1, -0.05) is 20.8 Å². The number of carbonyl (C=O) groups is 1. The average Bonchev–Trinajstić information content (AvgIpc) is 3.54. The van der Waals surface area contributed by atoms with Crippen LogP contribution in [0.5, 0.6) is 0 Å². The summed E-state index contributed by atoms with van der Waals surface area (Å²) in [6.45, 7) is 5.93. The van der Waals surface area contributed by atoms with Gasteiger partial charge in [-0.05, 0) is 29.7 Å². The van der Waals surface area contributed by atoms with Gasteiger partial charge >= 0.3 is 0 Å². The fraction of sp³-hybridized carbons (Fsp3) is 0.179. The van der Waals surface area contributed by atoms with Gasteiger partial charge in [-0.3, -0.25) is 19.9 Å². The Morgan fingerprint density at radius 3 is 2.70 bits per heavy atom. The number of aromatic nitrogens is 5. The van der Waals surface area contributed by atoms with Crippen LogP contribution in [0.1, 0.15) is 32.9 Å². The Morgan fingerprint density at radius 1 is 1.07 bits per heavy atom. The summed E-state index contributed by atoms with van der Waals surface area (Å²) in [5.41, 5.74) is 3.42. The number of hydrogen-bond donors (Lipinski definition) is 4. The van der Waals surface area contributed by atoms with Crippen molar-refractivity contribution in [1.29, 1.82) is 0 Å². The Kier molecular flexibility index (Phi) is 6.26. The topological polar surface area (TPSA) is 121 Å². The number of fused-ring (bicyclic) bond motifs is 2. The molecule has 1 aliphatic heterocycles. The molecule has 4 N–H and O–H groups in total. The summed E-state index contributed by atoms with van der Waals surface area (Å²) in [6, 6.07) is 6.56. The molecule has 6 heterocycles. The molecular formula is C28H24F2N8OS. The molecule has 12 heteroatoms. The SMILES string of the molecule is CC(C)(C)CC(=O)Nc1cncc(-c2ncc3[nH]nc(C4=CNc5c(-c6ccc(F)s6)ccnc5N4)c3c2F)c1. The van der Waals surface area contributed by atoms with Crippen molar-refractivity contribution in [3.05, 3.63) is 71.9 Å². The minimum absolute atomic E-state index is 0.0690. The second-order valence-corrected chi connectivity index (χ2v) is 11.6. The first kappa shape index (κ1) is 25.6. The Morgan fingerprint density at radius 2 is 1.93 bits per heavy atom. The number of aromatic amines is 1. The zero-order chi connectivity index (χ0) is 28.0. The van der Waals surface area contributed by atoms with E-state index in [0.29, 0.717) is 46.1 Å². The molecule has 0 bridgehead atoms. The van der Waals surface area contributed by atoms with Gasteiger partial charge in [0.2, 0.25) is 5.91 Å². The zero-order valence-electron chi connectivity index (χ0n) is 21.8. The molecule has 0 aromatic carbocycles. The standard InChI is InChI=1S/C28H24F2N8OS/c1-28(2,3)9-21(39)35-15-8-14(10-31-11-15)24-23(30)22-17(12-33-24)37-38-26(22)18-13-34-25-16(6-7-32-27(25)36-18)19-4-5-20(29)40-19/h4-8,10-13,34H,9H2,1-3H3,(H,32,36)(H,35,39)(H,37,38). The fourth-order valence-electron chi connectivity index (χ4n) is 4.50. The van der Waals surface area contributed by atoms with Crippen LogP contribution in [-0.2, 0) is 4.79 Å². The number of pyridine rings is 3. The van der Waals surface area contributed by atoms with E-state index in [-0.39, 0.29) is 27.5 Å². The number of nitrogens with one attached hydrogen (secondary N) is 4. The van der Waals surface area contributed by atoms with Gasteiger partial charge in [-0.15, -0.1) is 11.3 Å². The van der Waals surface area contributed by atoms with Crippen molar-refractivity contribution < 1.29 is 13.6 Å². The van der Waals surface area contributed by atoms with E-state index in [2.05, 4.69) is 41.1 Å². The highest BCUT2D eigenvalue weighted by atomic mass is 32.1. The van der Waals surface area contributed by atoms with Crippen LogP contribution >= 0.6 is 11.3 Å². The lowest BCUT2D eigenvalue weighted by atomic mass is 9.92. The lowest BCUT2D eigenvalue weighted by Gasteiger charge is -2.21. The third-order valence-electron chi connectivity index (χ3n) is 6.19. The zero-order valence-corrected chi connectivity index (χ0v) is 22.6. The molecule has 0 atom stereocenters. The van der Waals surface area contributed by atoms with Gasteiger partial charge < -0.3 is 16.0 Å². The molecule has 0 saturated carbocycles. The van der Waals surface area contributed by atoms with Gasteiger partial charge in [-0.2, -0.15) is 9.49 Å². The van der Waals surface area contributed by atoms with E-state index in [1.54, 1.807) is 30.6 Å². The molecule has 0 saturated heterocycles. The first-order chi connectivity index (χ1) is 19.2. The third kappa shape index (κ3) is 4.89. The number of anilines is 3. The van der Waals surface area contributed by atoms with Crippen molar-refractivity contribution in [2.75, 3.05) is 16.0 Å². The van der Waals surface area contributed by atoms with E-state index in [0.717, 1.165) is 21.8 Å². The smallest absolute Gasteiger partial charge is 0.224 e. The predicted molar refractivity (Wildman–Crippen MR) is 153 cm³/mol. The first-order valence-electron chi connectivity index (χ1n) is 12.4. The van der Waals surface area contributed by atoms with Gasteiger partial charge in [-0.25, -0.2) is 9.37 Å². The molecule has 0 spiro atoms. The molecule has 0 fully saturated rings. The molecule has 0 radical (unpaired) electrons. The van der Waals surface area contributed by atoms with Gasteiger partial charge in [0.05, 0.1) is 40.4 Å². The van der Waals surface area contributed by atoms with Crippen molar-refractivity contribution in [3.8, 4) is 21.7 Å². The molecule has 1 amide bonds. The Labute approximate surface area is 231 Å². The summed E-state index contributed by atoms with van der Waals surface area (Å²) < 4.78 is 29.7. The Hall–Kier alpha value is -4.71. The maximum absolute atomic E-state index is 16.0. The second kappa shape index (κ2) is 9.79. The second-order valence-electron chi connectivity index (χ2n) is 10.5. The van der Waals surface area contributed by atoms with E-state index < -0.39 is 5.82 Å². The summed E-state index contributed by atoms with van der Waals surface area (Å²) in [5.74, 6) is -0.250. The Balaban J connectivity index is 1.33. The molecule has 5 aromatic heterocycles. The molecule has 202 valence electrons. The summed E-state index contributed by atoms with van der Waals surface area (Å²) in [7, 11) is 0. The normalized spacial score (nSPS) is 12.9. The minimum Gasteiger partial charge on any atom is -0.356 e. The van der Waals surface area contributed by atoms with Crippen molar-refractivity contribution in [2.24, 2.45) is 5.41 Å². The molecule has 0 aliphatic carbocycles. The first-order valence-corrected chi connectivity index (χ1v) is 13.2. The van der Waals surface area contributed by atoms with Crippen LogP contribution in [0, 0.1) is 16.4 Å². The van der Waals surface area contributed by atoms with Gasteiger partial charge in [0.1, 0.15) is 11.4 Å². The number of amides is 1. The van der Waals surface area contributed by atoms with Crippen molar-refractivity contribution in [2.45, 2.75) is 27.2 Å². The summed E-state index contributed by atoms with van der Waals surface area (Å²) >= 11 is 1.04. The van der Waals surface area contributed by atoms with Crippen LogP contribution in [0.2, 0.25) is 0 Å². The summed E-state index contributed by atoms with van der Waals surface area (Å²) in [4.78, 5) is 26.1. The highest BCUT2D eigenvalue weighted by Gasteiger charge is 2.24. The summed E-state index contributed by atoms with van der Waals surface area (Å²) in [5, 5.41) is 16.4. The number of carbonyl (C=O) groups excluding carboxylic acids is 1. The largest absolute Gasteiger partial charge is 0.356 e. The van der Waals surface area contributed by atoms with Crippen LogP contribution in [0.25, 0.3) is 38.3 Å². The van der Waals surface area contributed by atoms with Crippen molar-refractivity contribution in [3.63, 3.8) is 0 Å². The third-order valence-corrected chi connectivity index (χ3v) is 7.10. The number of rotatable bonds is 5. The highest BCUT2D eigenvalue weighted by molar-refractivity contribution is 7.14. The van der Waals surface area contributed by atoms with E-state index >= 15 is 4.39 Å². The molecular weight excluding hydrogens is 534 g/mol. The number of thiophene rings is 1. The summed E-state index contributed by atoms with van der Waals surface area (Å²) in [6.07, 6.45) is 8.12. The van der Waals surface area contributed by atoms with Crippen molar-refractivity contribution >= 4 is 51.0 Å². The van der Waals surface area contributed by atoms with Gasteiger partial charge in [0.25, 0.3) is 0 Å². The maximum Gasteiger partial charge on any atom is 0.224 e.